The summed E-state index contributed by atoms with van der Waals surface area (Å²) < 4.78 is 1.07. The number of carbonyl (C=O) groups excluding carboxylic acids is 1. The minimum Gasteiger partial charge on any atom is -0.294 e. The van der Waals surface area contributed by atoms with Crippen LogP contribution in [0.2, 0.25) is 0 Å². The Bertz CT molecular complexity index is 354. The Morgan fingerprint density at radius 1 is 1.38 bits per heavy atom. The van der Waals surface area contributed by atoms with E-state index < -0.39 is 0 Å². The lowest BCUT2D eigenvalue weighted by Gasteiger charge is -2.09. The van der Waals surface area contributed by atoms with Crippen molar-refractivity contribution in [2.24, 2.45) is 0 Å². The summed E-state index contributed by atoms with van der Waals surface area (Å²) in [6.45, 7) is 1.64. The molecule has 1 heterocycles. The van der Waals surface area contributed by atoms with Gasteiger partial charge in [0.05, 0.1) is 4.88 Å². The molecule has 0 saturated heterocycles. The van der Waals surface area contributed by atoms with E-state index in [1.165, 1.54) is 23.3 Å². The van der Waals surface area contributed by atoms with Gasteiger partial charge in [-0.3, -0.25) is 4.79 Å². The highest BCUT2D eigenvalue weighted by molar-refractivity contribution is 9.10. The Labute approximate surface area is 90.3 Å². The second-order valence-electron chi connectivity index (χ2n) is 3.41. The lowest BCUT2D eigenvalue weighted by Crippen LogP contribution is -1.98. The molecule has 0 unspecified atom stereocenters. The van der Waals surface area contributed by atoms with E-state index in [1.54, 1.807) is 18.3 Å². The molecule has 13 heavy (non-hydrogen) atoms. The van der Waals surface area contributed by atoms with Gasteiger partial charge in [-0.2, -0.15) is 0 Å². The fourth-order valence-corrected chi connectivity index (χ4v) is 4.02. The number of fused-ring (bicyclic) bond motifs is 1. The first-order chi connectivity index (χ1) is 6.20. The summed E-state index contributed by atoms with van der Waals surface area (Å²) in [5, 5.41) is 0. The number of aryl methyl sites for hydroxylation is 1. The number of Topliss-reactive ketones (excluding diaryl/α,β-unsaturated/α-hetero) is 1. The third kappa shape index (κ3) is 1.59. The molecule has 1 aromatic rings. The molecule has 3 heteroatoms. The molecule has 0 atom stereocenters. The van der Waals surface area contributed by atoms with Gasteiger partial charge in [0.2, 0.25) is 0 Å². The summed E-state index contributed by atoms with van der Waals surface area (Å²) in [4.78, 5) is 13.6. The van der Waals surface area contributed by atoms with Crippen molar-refractivity contribution in [1.82, 2.24) is 0 Å². The summed E-state index contributed by atoms with van der Waals surface area (Å²) >= 11 is 5.20. The SMILES string of the molecule is CC(=O)c1sc2c(c1Br)CCCC2. The van der Waals surface area contributed by atoms with Crippen LogP contribution < -0.4 is 0 Å². The van der Waals surface area contributed by atoms with E-state index in [9.17, 15) is 4.79 Å². The molecule has 0 aliphatic heterocycles. The maximum Gasteiger partial charge on any atom is 0.170 e. The van der Waals surface area contributed by atoms with E-state index in [4.69, 9.17) is 0 Å². The molecule has 1 aliphatic rings. The molecule has 0 fully saturated rings. The molecule has 0 N–H and O–H groups in total. The molecule has 1 aliphatic carbocycles. The minimum absolute atomic E-state index is 0.186. The van der Waals surface area contributed by atoms with E-state index in [0.717, 1.165) is 22.2 Å². The van der Waals surface area contributed by atoms with Crippen LogP contribution in [0.15, 0.2) is 4.47 Å². The highest BCUT2D eigenvalue weighted by Crippen LogP contribution is 2.37. The van der Waals surface area contributed by atoms with Crippen molar-refractivity contribution in [3.63, 3.8) is 0 Å². The van der Waals surface area contributed by atoms with Crippen LogP contribution >= 0.6 is 27.3 Å². The molecule has 1 aromatic heterocycles. The van der Waals surface area contributed by atoms with Crippen molar-refractivity contribution in [2.75, 3.05) is 0 Å². The summed E-state index contributed by atoms with van der Waals surface area (Å²) in [5.74, 6) is 0.186. The van der Waals surface area contributed by atoms with E-state index in [-0.39, 0.29) is 5.78 Å². The summed E-state index contributed by atoms with van der Waals surface area (Å²) in [6, 6.07) is 0. The lowest BCUT2D eigenvalue weighted by atomic mass is 9.99. The number of ketones is 1. The Kier molecular flexibility index (Phi) is 2.56. The van der Waals surface area contributed by atoms with Gasteiger partial charge in [-0.15, -0.1) is 11.3 Å². The number of rotatable bonds is 1. The Hall–Kier alpha value is -0.150. The summed E-state index contributed by atoms with van der Waals surface area (Å²) in [7, 11) is 0. The number of hydrogen-bond acceptors (Lipinski definition) is 2. The average molecular weight is 259 g/mol. The van der Waals surface area contributed by atoms with Crippen LogP contribution in [0.25, 0.3) is 0 Å². The molecule has 0 aromatic carbocycles. The van der Waals surface area contributed by atoms with E-state index in [2.05, 4.69) is 15.9 Å². The average Bonchev–Trinajstić information content (AvgIpc) is 2.45. The number of halogens is 1. The van der Waals surface area contributed by atoms with Crippen LogP contribution in [0.5, 0.6) is 0 Å². The Balaban J connectivity index is 2.50. The predicted octanol–water partition coefficient (Wildman–Crippen LogP) is 3.59. The lowest BCUT2D eigenvalue weighted by molar-refractivity contribution is 0.102. The van der Waals surface area contributed by atoms with E-state index >= 15 is 0 Å². The van der Waals surface area contributed by atoms with E-state index in [0.29, 0.717) is 0 Å². The van der Waals surface area contributed by atoms with Crippen molar-refractivity contribution in [3.8, 4) is 0 Å². The monoisotopic (exact) mass is 258 g/mol. The summed E-state index contributed by atoms with van der Waals surface area (Å²) in [5.41, 5.74) is 1.39. The van der Waals surface area contributed by atoms with Crippen molar-refractivity contribution < 1.29 is 4.79 Å². The van der Waals surface area contributed by atoms with Crippen LogP contribution in [-0.2, 0) is 12.8 Å². The van der Waals surface area contributed by atoms with Gasteiger partial charge >= 0.3 is 0 Å². The number of carbonyl (C=O) groups is 1. The molecule has 0 bridgehead atoms. The first-order valence-electron chi connectivity index (χ1n) is 4.51. The molecule has 2 rings (SSSR count). The Morgan fingerprint density at radius 2 is 2.08 bits per heavy atom. The number of hydrogen-bond donors (Lipinski definition) is 0. The fraction of sp³-hybridized carbons (Fsp3) is 0.500. The van der Waals surface area contributed by atoms with Crippen molar-refractivity contribution in [3.05, 3.63) is 19.8 Å². The van der Waals surface area contributed by atoms with Crippen molar-refractivity contribution >= 4 is 33.0 Å². The highest BCUT2D eigenvalue weighted by atomic mass is 79.9. The minimum atomic E-state index is 0.186. The highest BCUT2D eigenvalue weighted by Gasteiger charge is 2.20. The van der Waals surface area contributed by atoms with Gasteiger partial charge in [0.15, 0.2) is 5.78 Å². The second kappa shape index (κ2) is 3.54. The molecule has 1 nitrogen and oxygen atoms in total. The largest absolute Gasteiger partial charge is 0.294 e. The zero-order chi connectivity index (χ0) is 9.42. The van der Waals surface area contributed by atoms with Crippen LogP contribution in [0, 0.1) is 0 Å². The maximum absolute atomic E-state index is 11.3. The van der Waals surface area contributed by atoms with Crippen molar-refractivity contribution in [2.45, 2.75) is 32.6 Å². The van der Waals surface area contributed by atoms with Crippen LogP contribution in [0.1, 0.15) is 39.9 Å². The smallest absolute Gasteiger partial charge is 0.170 e. The fourth-order valence-electron chi connectivity index (χ4n) is 1.75. The predicted molar refractivity (Wildman–Crippen MR) is 58.7 cm³/mol. The zero-order valence-corrected chi connectivity index (χ0v) is 9.93. The quantitative estimate of drug-likeness (QED) is 0.704. The van der Waals surface area contributed by atoms with Gasteiger partial charge in [-0.1, -0.05) is 0 Å². The van der Waals surface area contributed by atoms with Gasteiger partial charge in [0, 0.05) is 9.35 Å². The molecule has 0 saturated carbocycles. The van der Waals surface area contributed by atoms with Gasteiger partial charge < -0.3 is 0 Å². The standard InChI is InChI=1S/C10H11BrOS/c1-6(12)10-9(11)7-4-2-3-5-8(7)13-10/h2-5H2,1H3. The van der Waals surface area contributed by atoms with Crippen LogP contribution in [-0.4, -0.2) is 5.78 Å². The van der Waals surface area contributed by atoms with Crippen molar-refractivity contribution in [1.29, 1.82) is 0 Å². The van der Waals surface area contributed by atoms with Crippen LogP contribution in [0.3, 0.4) is 0 Å². The van der Waals surface area contributed by atoms with Crippen LogP contribution in [0.4, 0.5) is 0 Å². The maximum atomic E-state index is 11.3. The van der Waals surface area contributed by atoms with Gasteiger partial charge in [0.1, 0.15) is 0 Å². The third-order valence-corrected chi connectivity index (χ3v) is 4.96. The van der Waals surface area contributed by atoms with E-state index in [1.807, 2.05) is 0 Å². The van der Waals surface area contributed by atoms with Gasteiger partial charge in [0.25, 0.3) is 0 Å². The topological polar surface area (TPSA) is 17.1 Å². The summed E-state index contributed by atoms with van der Waals surface area (Å²) in [6.07, 6.45) is 4.84. The molecular weight excluding hydrogens is 248 g/mol. The molecule has 0 spiro atoms. The normalized spacial score (nSPS) is 15.5. The zero-order valence-electron chi connectivity index (χ0n) is 7.52. The first kappa shape index (κ1) is 9.41. The van der Waals surface area contributed by atoms with Gasteiger partial charge in [-0.25, -0.2) is 0 Å². The first-order valence-corrected chi connectivity index (χ1v) is 6.12. The second-order valence-corrected chi connectivity index (χ2v) is 5.31. The Morgan fingerprint density at radius 3 is 2.69 bits per heavy atom. The molecule has 0 amide bonds. The van der Waals surface area contributed by atoms with Gasteiger partial charge in [-0.05, 0) is 54.1 Å². The third-order valence-electron chi connectivity index (χ3n) is 2.43. The molecular formula is C10H11BrOS. The molecule has 70 valence electrons. The molecule has 0 radical (unpaired) electrons. The number of thiophene rings is 1.